The van der Waals surface area contributed by atoms with Crippen LogP contribution >= 0.6 is 15.9 Å². The molecule has 1 rings (SSSR count). The van der Waals surface area contributed by atoms with E-state index in [-0.39, 0.29) is 5.75 Å². The standard InChI is InChI=1S/C11H13BrO2/c1-14-10-6-5-9(11(13)8-10)4-2-3-7-12/h2,4-6,8,13H,3,7H2,1H3. The van der Waals surface area contributed by atoms with Crippen LogP contribution in [0, 0.1) is 0 Å². The molecule has 0 atom stereocenters. The second-order valence-electron chi connectivity index (χ2n) is 2.80. The third-order valence-electron chi connectivity index (χ3n) is 1.81. The van der Waals surface area contributed by atoms with Crippen LogP contribution in [0.3, 0.4) is 0 Å². The highest BCUT2D eigenvalue weighted by molar-refractivity contribution is 9.09. The van der Waals surface area contributed by atoms with Crippen LogP contribution < -0.4 is 4.74 Å². The summed E-state index contributed by atoms with van der Waals surface area (Å²) in [6.45, 7) is 0. The molecule has 0 heterocycles. The smallest absolute Gasteiger partial charge is 0.126 e. The van der Waals surface area contributed by atoms with E-state index in [2.05, 4.69) is 15.9 Å². The molecule has 0 saturated carbocycles. The number of rotatable bonds is 4. The SMILES string of the molecule is COc1ccc(C=CCCBr)c(O)c1. The van der Waals surface area contributed by atoms with Gasteiger partial charge in [-0.3, -0.25) is 0 Å². The van der Waals surface area contributed by atoms with Crippen molar-refractivity contribution in [2.24, 2.45) is 0 Å². The van der Waals surface area contributed by atoms with Crippen molar-refractivity contribution in [3.05, 3.63) is 29.8 Å². The van der Waals surface area contributed by atoms with Gasteiger partial charge in [-0.2, -0.15) is 0 Å². The molecule has 0 radical (unpaired) electrons. The Morgan fingerprint density at radius 1 is 1.50 bits per heavy atom. The van der Waals surface area contributed by atoms with Crippen molar-refractivity contribution in [1.82, 2.24) is 0 Å². The van der Waals surface area contributed by atoms with Crippen molar-refractivity contribution < 1.29 is 9.84 Å². The van der Waals surface area contributed by atoms with Crippen LogP contribution in [0.1, 0.15) is 12.0 Å². The van der Waals surface area contributed by atoms with E-state index < -0.39 is 0 Å². The Bertz CT molecular complexity index is 321. The van der Waals surface area contributed by atoms with Crippen molar-refractivity contribution in [2.45, 2.75) is 6.42 Å². The minimum absolute atomic E-state index is 0.246. The van der Waals surface area contributed by atoms with Crippen LogP contribution in [0.25, 0.3) is 6.08 Å². The van der Waals surface area contributed by atoms with E-state index in [9.17, 15) is 5.11 Å². The zero-order valence-corrected chi connectivity index (χ0v) is 9.62. The Kier molecular flexibility index (Phi) is 4.53. The van der Waals surface area contributed by atoms with E-state index in [1.54, 1.807) is 13.2 Å². The third kappa shape index (κ3) is 3.07. The maximum absolute atomic E-state index is 9.58. The van der Waals surface area contributed by atoms with Crippen LogP contribution in [-0.2, 0) is 0 Å². The van der Waals surface area contributed by atoms with Gasteiger partial charge in [-0.1, -0.05) is 28.1 Å². The third-order valence-corrected chi connectivity index (χ3v) is 2.27. The highest BCUT2D eigenvalue weighted by Gasteiger charge is 1.98. The summed E-state index contributed by atoms with van der Waals surface area (Å²) in [5.74, 6) is 0.912. The maximum Gasteiger partial charge on any atom is 0.126 e. The van der Waals surface area contributed by atoms with Gasteiger partial charge in [0.1, 0.15) is 11.5 Å². The molecule has 0 aliphatic heterocycles. The summed E-state index contributed by atoms with van der Waals surface area (Å²) in [7, 11) is 1.58. The van der Waals surface area contributed by atoms with Crippen LogP contribution in [-0.4, -0.2) is 17.5 Å². The quantitative estimate of drug-likeness (QED) is 0.839. The predicted octanol–water partition coefficient (Wildman–Crippen LogP) is 3.20. The van der Waals surface area contributed by atoms with E-state index in [1.807, 2.05) is 24.3 Å². The number of ether oxygens (including phenoxy) is 1. The van der Waals surface area contributed by atoms with Gasteiger partial charge in [0.2, 0.25) is 0 Å². The Labute approximate surface area is 92.3 Å². The van der Waals surface area contributed by atoms with Crippen molar-refractivity contribution in [2.75, 3.05) is 12.4 Å². The Morgan fingerprint density at radius 3 is 2.86 bits per heavy atom. The number of allylic oxidation sites excluding steroid dienone is 1. The summed E-state index contributed by atoms with van der Waals surface area (Å²) in [5.41, 5.74) is 0.812. The number of phenols is 1. The largest absolute Gasteiger partial charge is 0.507 e. The molecule has 0 aliphatic rings. The van der Waals surface area contributed by atoms with Gasteiger partial charge in [-0.05, 0) is 18.6 Å². The Hall–Kier alpha value is -0.960. The highest BCUT2D eigenvalue weighted by atomic mass is 79.9. The van der Waals surface area contributed by atoms with Gasteiger partial charge in [-0.15, -0.1) is 0 Å². The molecule has 0 saturated heterocycles. The number of aromatic hydroxyl groups is 1. The van der Waals surface area contributed by atoms with Crippen molar-refractivity contribution in [1.29, 1.82) is 0 Å². The van der Waals surface area contributed by atoms with Crippen LogP contribution in [0.2, 0.25) is 0 Å². The van der Waals surface area contributed by atoms with E-state index in [0.29, 0.717) is 5.75 Å². The van der Waals surface area contributed by atoms with Crippen molar-refractivity contribution in [3.63, 3.8) is 0 Å². The lowest BCUT2D eigenvalue weighted by Crippen LogP contribution is -1.83. The van der Waals surface area contributed by atoms with E-state index in [0.717, 1.165) is 17.3 Å². The number of hydrogen-bond acceptors (Lipinski definition) is 2. The number of halogens is 1. The zero-order valence-electron chi connectivity index (χ0n) is 8.03. The molecular weight excluding hydrogens is 244 g/mol. The first-order valence-corrected chi connectivity index (χ1v) is 5.49. The molecule has 76 valence electrons. The predicted molar refractivity (Wildman–Crippen MR) is 62.1 cm³/mol. The maximum atomic E-state index is 9.58. The fourth-order valence-corrected chi connectivity index (χ4v) is 1.33. The molecule has 3 heteroatoms. The monoisotopic (exact) mass is 256 g/mol. The average Bonchev–Trinajstić information content (AvgIpc) is 2.20. The second-order valence-corrected chi connectivity index (χ2v) is 3.60. The van der Waals surface area contributed by atoms with Gasteiger partial charge in [0.15, 0.2) is 0 Å². The molecule has 1 aromatic rings. The van der Waals surface area contributed by atoms with Gasteiger partial charge in [0, 0.05) is 17.0 Å². The molecule has 0 aliphatic carbocycles. The van der Waals surface area contributed by atoms with E-state index in [1.165, 1.54) is 0 Å². The number of alkyl halides is 1. The first-order valence-electron chi connectivity index (χ1n) is 4.37. The summed E-state index contributed by atoms with van der Waals surface area (Å²) >= 11 is 3.33. The highest BCUT2D eigenvalue weighted by Crippen LogP contribution is 2.24. The average molecular weight is 257 g/mol. The number of benzene rings is 1. The minimum Gasteiger partial charge on any atom is -0.507 e. The van der Waals surface area contributed by atoms with Crippen LogP contribution in [0.4, 0.5) is 0 Å². The molecule has 0 unspecified atom stereocenters. The second kappa shape index (κ2) is 5.70. The molecule has 0 spiro atoms. The lowest BCUT2D eigenvalue weighted by Gasteiger charge is -2.02. The Morgan fingerprint density at radius 2 is 2.29 bits per heavy atom. The summed E-state index contributed by atoms with van der Waals surface area (Å²) < 4.78 is 4.98. The fraction of sp³-hybridized carbons (Fsp3) is 0.273. The molecule has 1 N–H and O–H groups in total. The molecule has 0 bridgehead atoms. The Balaban J connectivity index is 2.78. The van der Waals surface area contributed by atoms with Gasteiger partial charge < -0.3 is 9.84 Å². The number of hydrogen-bond donors (Lipinski definition) is 1. The summed E-state index contributed by atoms with van der Waals surface area (Å²) in [5, 5.41) is 10.5. The van der Waals surface area contributed by atoms with E-state index in [4.69, 9.17) is 4.74 Å². The molecule has 0 fully saturated rings. The lowest BCUT2D eigenvalue weighted by atomic mass is 10.1. The minimum atomic E-state index is 0.246. The number of methoxy groups -OCH3 is 1. The molecule has 0 amide bonds. The topological polar surface area (TPSA) is 29.5 Å². The summed E-state index contributed by atoms with van der Waals surface area (Å²) in [4.78, 5) is 0. The number of phenolic OH excluding ortho intramolecular Hbond substituents is 1. The van der Waals surface area contributed by atoms with Crippen molar-refractivity contribution >= 4 is 22.0 Å². The van der Waals surface area contributed by atoms with Gasteiger partial charge >= 0.3 is 0 Å². The summed E-state index contributed by atoms with van der Waals surface area (Å²) in [6, 6.07) is 5.26. The van der Waals surface area contributed by atoms with Gasteiger partial charge in [-0.25, -0.2) is 0 Å². The lowest BCUT2D eigenvalue weighted by molar-refractivity contribution is 0.407. The molecule has 14 heavy (non-hydrogen) atoms. The van der Waals surface area contributed by atoms with Gasteiger partial charge in [0.25, 0.3) is 0 Å². The van der Waals surface area contributed by atoms with Crippen molar-refractivity contribution in [3.8, 4) is 11.5 Å². The molecule has 1 aromatic carbocycles. The van der Waals surface area contributed by atoms with Gasteiger partial charge in [0.05, 0.1) is 7.11 Å². The van der Waals surface area contributed by atoms with Crippen LogP contribution in [0.5, 0.6) is 11.5 Å². The first kappa shape index (κ1) is 11.1. The fourth-order valence-electron chi connectivity index (χ4n) is 1.06. The molecule has 0 aromatic heterocycles. The first-order chi connectivity index (χ1) is 6.77. The van der Waals surface area contributed by atoms with E-state index >= 15 is 0 Å². The normalized spacial score (nSPS) is 10.7. The molecular formula is C11H13BrO2. The zero-order chi connectivity index (χ0) is 10.4. The molecule has 2 nitrogen and oxygen atoms in total. The summed E-state index contributed by atoms with van der Waals surface area (Å²) in [6.07, 6.45) is 4.86. The van der Waals surface area contributed by atoms with Crippen LogP contribution in [0.15, 0.2) is 24.3 Å².